The monoisotopic (exact) mass is 296 g/mol. The van der Waals surface area contributed by atoms with Gasteiger partial charge in [0.2, 0.25) is 0 Å². The number of benzene rings is 1. The first-order valence-electron chi connectivity index (χ1n) is 3.97. The molecule has 0 N–H and O–H groups in total. The van der Waals surface area contributed by atoms with Crippen molar-refractivity contribution in [3.63, 3.8) is 0 Å². The van der Waals surface area contributed by atoms with E-state index >= 15 is 0 Å². The van der Waals surface area contributed by atoms with E-state index in [1.54, 1.807) is 0 Å². The summed E-state index contributed by atoms with van der Waals surface area (Å²) in [6, 6.07) is 1.50. The first-order chi connectivity index (χ1) is 5.82. The van der Waals surface area contributed by atoms with E-state index in [0.717, 1.165) is 12.1 Å². The molecule has 0 bridgehead atoms. The topological polar surface area (TPSA) is 0 Å². The Balaban J connectivity index is 3.38. The quantitative estimate of drug-likeness (QED) is 0.699. The number of rotatable bonds is 1. The van der Waals surface area contributed by atoms with Crippen LogP contribution in [0.1, 0.15) is 0 Å². The molecule has 0 aliphatic heterocycles. The van der Waals surface area contributed by atoms with E-state index in [1.807, 2.05) is 14.8 Å². The van der Waals surface area contributed by atoms with Crippen molar-refractivity contribution in [2.24, 2.45) is 0 Å². The van der Waals surface area contributed by atoms with Crippen LogP contribution >= 0.6 is 0 Å². The molecule has 72 valence electrons. The van der Waals surface area contributed by atoms with Crippen LogP contribution in [-0.4, -0.2) is 18.4 Å². The molecule has 1 rings (SSSR count). The molecule has 0 spiro atoms. The third kappa shape index (κ3) is 2.39. The van der Waals surface area contributed by atoms with Crippen LogP contribution in [0.25, 0.3) is 0 Å². The summed E-state index contributed by atoms with van der Waals surface area (Å²) in [5, 5.41) is 0. The van der Waals surface area contributed by atoms with Crippen LogP contribution < -0.4 is 3.58 Å². The Bertz CT molecular complexity index is 305. The van der Waals surface area contributed by atoms with Crippen molar-refractivity contribution >= 4 is 22.0 Å². The Hall–Kier alpha value is -0.191. The van der Waals surface area contributed by atoms with Gasteiger partial charge in [-0.3, -0.25) is 0 Å². The van der Waals surface area contributed by atoms with E-state index < -0.39 is 35.8 Å². The van der Waals surface area contributed by atoms with Gasteiger partial charge in [0.25, 0.3) is 0 Å². The minimum atomic E-state index is -2.78. The van der Waals surface area contributed by atoms with Crippen molar-refractivity contribution < 1.29 is 13.2 Å². The Morgan fingerprint density at radius 3 is 1.62 bits per heavy atom. The number of hydrogen-bond acceptors (Lipinski definition) is 0. The van der Waals surface area contributed by atoms with Crippen LogP contribution in [0, 0.1) is 17.5 Å². The summed E-state index contributed by atoms with van der Waals surface area (Å²) in [7, 11) is 0. The van der Waals surface area contributed by atoms with E-state index in [-0.39, 0.29) is 3.58 Å². The number of hydrogen-bond donors (Lipinski definition) is 0. The third-order valence-electron chi connectivity index (χ3n) is 1.76. The molecule has 0 aliphatic rings. The van der Waals surface area contributed by atoms with Crippen molar-refractivity contribution in [2.45, 2.75) is 14.8 Å². The fourth-order valence-corrected chi connectivity index (χ4v) is 5.76. The fraction of sp³-hybridized carbons (Fsp3) is 0.333. The van der Waals surface area contributed by atoms with E-state index in [2.05, 4.69) is 0 Å². The summed E-state index contributed by atoms with van der Waals surface area (Å²) < 4.78 is 39.0. The van der Waals surface area contributed by atoms with Gasteiger partial charge in [-0.2, -0.15) is 0 Å². The van der Waals surface area contributed by atoms with E-state index in [9.17, 15) is 13.2 Å². The van der Waals surface area contributed by atoms with E-state index in [0.29, 0.717) is 0 Å². The van der Waals surface area contributed by atoms with Crippen LogP contribution in [0.3, 0.4) is 0 Å². The standard InChI is InChI=1S/C6H2F3.3CH3.Sn/c7-4-1-5(8)3-6(9)2-4;;;;/h1-2H;3*1H3;. The van der Waals surface area contributed by atoms with Gasteiger partial charge in [-0.1, -0.05) is 0 Å². The van der Waals surface area contributed by atoms with Crippen molar-refractivity contribution in [1.29, 1.82) is 0 Å². The third-order valence-corrected chi connectivity index (χ3v) is 7.40. The normalized spacial score (nSPS) is 11.8. The molecule has 0 saturated carbocycles. The molecule has 0 heterocycles. The summed E-state index contributed by atoms with van der Waals surface area (Å²) in [6.45, 7) is 0. The van der Waals surface area contributed by atoms with Crippen LogP contribution in [0.15, 0.2) is 12.1 Å². The van der Waals surface area contributed by atoms with Gasteiger partial charge < -0.3 is 0 Å². The van der Waals surface area contributed by atoms with Gasteiger partial charge in [0.15, 0.2) is 0 Å². The van der Waals surface area contributed by atoms with E-state index in [4.69, 9.17) is 0 Å². The van der Waals surface area contributed by atoms with Gasteiger partial charge in [0.1, 0.15) is 0 Å². The fourth-order valence-electron chi connectivity index (χ4n) is 1.26. The average molecular weight is 295 g/mol. The summed E-state index contributed by atoms with van der Waals surface area (Å²) in [4.78, 5) is 5.65. The zero-order valence-corrected chi connectivity index (χ0v) is 10.6. The first-order valence-corrected chi connectivity index (χ1v) is 14.0. The van der Waals surface area contributed by atoms with Gasteiger partial charge in [-0.15, -0.1) is 0 Å². The van der Waals surface area contributed by atoms with Crippen molar-refractivity contribution in [3.05, 3.63) is 29.6 Å². The molecule has 0 amide bonds. The zero-order chi connectivity index (χ0) is 10.2. The van der Waals surface area contributed by atoms with Crippen LogP contribution in [0.4, 0.5) is 13.2 Å². The predicted octanol–water partition coefficient (Wildman–Crippen LogP) is 2.65. The summed E-state index contributed by atoms with van der Waals surface area (Å²) in [6.07, 6.45) is 0. The number of halogens is 3. The van der Waals surface area contributed by atoms with Gasteiger partial charge in [0.05, 0.1) is 0 Å². The molecule has 1 aromatic rings. The van der Waals surface area contributed by atoms with Crippen molar-refractivity contribution in [2.75, 3.05) is 0 Å². The molecular formula is C9H11F3Sn. The van der Waals surface area contributed by atoms with Gasteiger partial charge in [-0.05, 0) is 0 Å². The Morgan fingerprint density at radius 1 is 0.923 bits per heavy atom. The van der Waals surface area contributed by atoms with E-state index in [1.165, 1.54) is 0 Å². The van der Waals surface area contributed by atoms with Crippen LogP contribution in [0.2, 0.25) is 14.8 Å². The molecule has 13 heavy (non-hydrogen) atoms. The van der Waals surface area contributed by atoms with Crippen LogP contribution in [-0.2, 0) is 0 Å². The first kappa shape index (κ1) is 10.9. The molecule has 0 radical (unpaired) electrons. The van der Waals surface area contributed by atoms with Gasteiger partial charge in [-0.25, -0.2) is 0 Å². The molecule has 1 aromatic carbocycles. The van der Waals surface area contributed by atoms with Crippen LogP contribution in [0.5, 0.6) is 0 Å². The van der Waals surface area contributed by atoms with Gasteiger partial charge >= 0.3 is 79.5 Å². The molecule has 0 saturated heterocycles. The molecule has 0 fully saturated rings. The molecule has 0 aliphatic carbocycles. The molecular weight excluding hydrogens is 284 g/mol. The predicted molar refractivity (Wildman–Crippen MR) is 49.3 cm³/mol. The molecule has 0 aromatic heterocycles. The molecule has 0 nitrogen and oxygen atoms in total. The second-order valence-corrected chi connectivity index (χ2v) is 18.3. The van der Waals surface area contributed by atoms with Crippen molar-refractivity contribution in [1.82, 2.24) is 0 Å². The zero-order valence-electron chi connectivity index (χ0n) is 7.79. The summed E-state index contributed by atoms with van der Waals surface area (Å²) >= 11 is -2.78. The second kappa shape index (κ2) is 3.52. The Morgan fingerprint density at radius 2 is 1.31 bits per heavy atom. The maximum absolute atomic E-state index is 13.2. The Labute approximate surface area is 79.6 Å². The summed E-state index contributed by atoms with van der Waals surface area (Å²) in [5.41, 5.74) is 0. The average Bonchev–Trinajstić information content (AvgIpc) is 1.78. The molecule has 0 unspecified atom stereocenters. The Kier molecular flexibility index (Phi) is 2.94. The molecule has 4 heteroatoms. The second-order valence-electron chi connectivity index (χ2n) is 3.99. The van der Waals surface area contributed by atoms with Crippen molar-refractivity contribution in [3.8, 4) is 0 Å². The maximum atomic E-state index is 13.2. The molecule has 0 atom stereocenters. The SMILES string of the molecule is [CH3][Sn]([CH3])([CH3])[c]1c(F)cc(F)cc1F. The van der Waals surface area contributed by atoms with Gasteiger partial charge in [0, 0.05) is 0 Å². The summed E-state index contributed by atoms with van der Waals surface area (Å²) in [5.74, 6) is -2.32. The minimum absolute atomic E-state index is 0.135.